The summed E-state index contributed by atoms with van der Waals surface area (Å²) in [5.41, 5.74) is 0.904. The van der Waals surface area contributed by atoms with Gasteiger partial charge in [-0.25, -0.2) is 5.09 Å². The predicted octanol–water partition coefficient (Wildman–Crippen LogP) is 2.34. The second-order valence-electron chi connectivity index (χ2n) is 3.23. The molecule has 16 heavy (non-hydrogen) atoms. The van der Waals surface area contributed by atoms with Crippen LogP contribution in [0.15, 0.2) is 30.3 Å². The van der Waals surface area contributed by atoms with Crippen molar-refractivity contribution in [3.8, 4) is 0 Å². The number of rotatable bonds is 5. The second kappa shape index (κ2) is 6.69. The Morgan fingerprint density at radius 2 is 2.12 bits per heavy atom. The van der Waals surface area contributed by atoms with Crippen LogP contribution in [0.5, 0.6) is 0 Å². The van der Waals surface area contributed by atoms with Gasteiger partial charge in [-0.05, 0) is 23.7 Å². The van der Waals surface area contributed by atoms with Gasteiger partial charge in [-0.3, -0.25) is 9.36 Å². The van der Waals surface area contributed by atoms with E-state index in [1.165, 1.54) is 0 Å². The molecule has 1 N–H and O–H groups in total. The zero-order valence-electron chi connectivity index (χ0n) is 8.77. The number of carbonyl (C=O) groups is 1. The van der Waals surface area contributed by atoms with Crippen molar-refractivity contribution in [2.24, 2.45) is 0 Å². The minimum Gasteiger partial charge on any atom is -0.460 e. The number of nitrogens with one attached hydrogen (secondary N) is 1. The molecule has 4 nitrogen and oxygen atoms in total. The first-order valence-electron chi connectivity index (χ1n) is 4.76. The molecule has 0 amide bonds. The van der Waals surface area contributed by atoms with Crippen LogP contribution in [-0.2, 0) is 20.7 Å². The first-order chi connectivity index (χ1) is 7.59. The Bertz CT molecular complexity index is 372. The van der Waals surface area contributed by atoms with Crippen molar-refractivity contribution in [1.29, 1.82) is 0 Å². The van der Waals surface area contributed by atoms with Crippen molar-refractivity contribution in [3.05, 3.63) is 35.9 Å². The third-order valence-electron chi connectivity index (χ3n) is 1.91. The Balaban J connectivity index is 2.38. The van der Waals surface area contributed by atoms with Crippen molar-refractivity contribution in [1.82, 2.24) is 5.09 Å². The lowest BCUT2D eigenvalue weighted by Crippen LogP contribution is -2.30. The summed E-state index contributed by atoms with van der Waals surface area (Å²) in [6.07, 6.45) is 0. The highest BCUT2D eigenvalue weighted by Gasteiger charge is 2.15. The average molecular weight is 262 g/mol. The van der Waals surface area contributed by atoms with E-state index in [0.29, 0.717) is 0 Å². The molecule has 1 unspecified atom stereocenters. The normalized spacial score (nSPS) is 14.1. The molecule has 1 aromatic carbocycles. The molecule has 0 radical (unpaired) electrons. The van der Waals surface area contributed by atoms with Crippen molar-refractivity contribution < 1.29 is 14.1 Å². The Hall–Kier alpha value is -0.830. The van der Waals surface area contributed by atoms with Crippen molar-refractivity contribution in [2.75, 3.05) is 0 Å². The van der Waals surface area contributed by atoms with Gasteiger partial charge in [-0.2, -0.15) is 0 Å². The zero-order chi connectivity index (χ0) is 12.0. The Labute approximate surface area is 99.6 Å². The fourth-order valence-corrected chi connectivity index (χ4v) is 2.03. The maximum absolute atomic E-state index is 11.4. The molecule has 0 bridgehead atoms. The van der Waals surface area contributed by atoms with E-state index in [4.69, 9.17) is 16.0 Å². The maximum Gasteiger partial charge on any atom is 0.323 e. The van der Waals surface area contributed by atoms with Gasteiger partial charge in [0.1, 0.15) is 12.6 Å². The van der Waals surface area contributed by atoms with E-state index < -0.39 is 19.3 Å². The fraction of sp³-hybridized carbons (Fsp3) is 0.300. The van der Waals surface area contributed by atoms with E-state index in [1.807, 2.05) is 30.3 Å². The van der Waals surface area contributed by atoms with Crippen molar-refractivity contribution in [2.45, 2.75) is 19.6 Å². The van der Waals surface area contributed by atoms with Gasteiger partial charge in [-0.1, -0.05) is 30.3 Å². The lowest BCUT2D eigenvalue weighted by atomic mass is 10.2. The van der Waals surface area contributed by atoms with Gasteiger partial charge in [0.2, 0.25) is 7.30 Å². The molecule has 0 aliphatic carbocycles. The largest absolute Gasteiger partial charge is 0.460 e. The summed E-state index contributed by atoms with van der Waals surface area (Å²) >= 11 is 5.26. The van der Waals surface area contributed by atoms with Gasteiger partial charge in [0, 0.05) is 0 Å². The van der Waals surface area contributed by atoms with E-state index in [9.17, 15) is 9.36 Å². The lowest BCUT2D eigenvalue weighted by molar-refractivity contribution is -0.146. The first kappa shape index (κ1) is 13.2. The number of esters is 1. The Morgan fingerprint density at radius 3 is 2.69 bits per heavy atom. The zero-order valence-corrected chi connectivity index (χ0v) is 10.5. The number of carbonyl (C=O) groups excluding carboxylic acids is 1. The molecule has 0 aliphatic rings. The molecule has 0 saturated carbocycles. The highest BCUT2D eigenvalue weighted by atomic mass is 35.7. The summed E-state index contributed by atoms with van der Waals surface area (Å²) in [7, 11) is -2.39. The number of hydrogen-bond acceptors (Lipinski definition) is 3. The molecule has 0 spiro atoms. The van der Waals surface area contributed by atoms with E-state index >= 15 is 0 Å². The summed E-state index contributed by atoms with van der Waals surface area (Å²) < 4.78 is 15.7. The minimum absolute atomic E-state index is 0.203. The molecule has 1 aromatic rings. The topological polar surface area (TPSA) is 55.4 Å². The number of ether oxygens (including phenoxy) is 1. The van der Waals surface area contributed by atoms with Crippen LogP contribution in [0.3, 0.4) is 0 Å². The summed E-state index contributed by atoms with van der Waals surface area (Å²) in [4.78, 5) is 11.4. The Morgan fingerprint density at radius 1 is 1.50 bits per heavy atom. The predicted molar refractivity (Wildman–Crippen MR) is 63.7 cm³/mol. The first-order valence-corrected chi connectivity index (χ1v) is 7.18. The standard InChI is InChI=1S/C10H13ClNO3P/c1-8(12-16(11)14)10(13)15-7-9-5-3-2-4-6-9/h2-6,8,16H,7H2,1H3,(H,12,14)/t8-/m0/s1. The van der Waals surface area contributed by atoms with Crippen LogP contribution >= 0.6 is 18.5 Å². The van der Waals surface area contributed by atoms with Gasteiger partial charge in [-0.15, -0.1) is 0 Å². The van der Waals surface area contributed by atoms with Crippen molar-refractivity contribution in [3.63, 3.8) is 0 Å². The SMILES string of the molecule is C[C@H](N[PH](=O)Cl)C(=O)OCc1ccccc1. The third-order valence-corrected chi connectivity index (χ3v) is 2.89. The van der Waals surface area contributed by atoms with Gasteiger partial charge in [0.05, 0.1) is 0 Å². The van der Waals surface area contributed by atoms with Gasteiger partial charge >= 0.3 is 5.97 Å². The molecule has 2 atom stereocenters. The van der Waals surface area contributed by atoms with Crippen LogP contribution in [0.2, 0.25) is 0 Å². The van der Waals surface area contributed by atoms with Crippen LogP contribution in [0.1, 0.15) is 12.5 Å². The van der Waals surface area contributed by atoms with E-state index in [1.54, 1.807) is 6.92 Å². The Kier molecular flexibility index (Phi) is 5.53. The summed E-state index contributed by atoms with van der Waals surface area (Å²) in [6, 6.07) is 8.67. The molecule has 0 aromatic heterocycles. The number of halogens is 1. The lowest BCUT2D eigenvalue weighted by Gasteiger charge is -2.10. The van der Waals surface area contributed by atoms with E-state index in [0.717, 1.165) is 5.56 Å². The van der Waals surface area contributed by atoms with E-state index in [-0.39, 0.29) is 6.61 Å². The molecule has 0 fully saturated rings. The molecule has 88 valence electrons. The van der Waals surface area contributed by atoms with E-state index in [2.05, 4.69) is 5.09 Å². The quantitative estimate of drug-likeness (QED) is 0.653. The fourth-order valence-electron chi connectivity index (χ4n) is 1.08. The number of benzene rings is 1. The maximum atomic E-state index is 11.4. The highest BCUT2D eigenvalue weighted by molar-refractivity contribution is 7.72. The molecule has 1 rings (SSSR count). The van der Waals surface area contributed by atoms with Gasteiger partial charge in [0.15, 0.2) is 0 Å². The van der Waals surface area contributed by atoms with Gasteiger partial charge < -0.3 is 4.74 Å². The molecule has 0 saturated heterocycles. The monoisotopic (exact) mass is 261 g/mol. The summed E-state index contributed by atoms with van der Waals surface area (Å²) in [5.74, 6) is -0.470. The van der Waals surface area contributed by atoms with Crippen molar-refractivity contribution >= 4 is 24.5 Å². The van der Waals surface area contributed by atoms with Crippen LogP contribution in [0, 0.1) is 0 Å². The molecule has 6 heteroatoms. The second-order valence-corrected chi connectivity index (χ2v) is 5.10. The van der Waals surface area contributed by atoms with Crippen LogP contribution in [0.25, 0.3) is 0 Å². The molecule has 0 aliphatic heterocycles. The average Bonchev–Trinajstić information content (AvgIpc) is 2.26. The highest BCUT2D eigenvalue weighted by Crippen LogP contribution is 2.21. The smallest absolute Gasteiger partial charge is 0.323 e. The summed E-state index contributed by atoms with van der Waals surface area (Å²) in [6.45, 7) is 1.76. The molecular formula is C10H13ClNO3P. The summed E-state index contributed by atoms with van der Waals surface area (Å²) in [5, 5.41) is 2.42. The van der Waals surface area contributed by atoms with Gasteiger partial charge in [0.25, 0.3) is 0 Å². The minimum atomic E-state index is -2.39. The van der Waals surface area contributed by atoms with Crippen LogP contribution in [-0.4, -0.2) is 12.0 Å². The molecular weight excluding hydrogens is 249 g/mol. The third kappa shape index (κ3) is 4.79. The van der Waals surface area contributed by atoms with Crippen LogP contribution < -0.4 is 5.09 Å². The number of hydrogen-bond donors (Lipinski definition) is 1. The van der Waals surface area contributed by atoms with Crippen LogP contribution in [0.4, 0.5) is 0 Å². The molecule has 0 heterocycles.